The standard InChI is InChI=1S/C19H23NO3/c1-3-12-22-18-11-6-5-10-17(18)20-19(21)14-23-16-9-7-8-15(4-2)13-16/h5-11,13H,3-4,12,14H2,1-2H3,(H,20,21). The van der Waals surface area contributed by atoms with Crippen LogP contribution in [-0.4, -0.2) is 19.1 Å². The van der Waals surface area contributed by atoms with E-state index in [4.69, 9.17) is 9.47 Å². The first-order valence-electron chi connectivity index (χ1n) is 7.96. The predicted molar refractivity (Wildman–Crippen MR) is 92.2 cm³/mol. The zero-order valence-electron chi connectivity index (χ0n) is 13.7. The monoisotopic (exact) mass is 313 g/mol. The van der Waals surface area contributed by atoms with Crippen LogP contribution in [0.3, 0.4) is 0 Å². The van der Waals surface area contributed by atoms with Gasteiger partial charge < -0.3 is 14.8 Å². The molecule has 1 N–H and O–H groups in total. The summed E-state index contributed by atoms with van der Waals surface area (Å²) in [6.07, 6.45) is 1.85. The second-order valence-corrected chi connectivity index (χ2v) is 5.18. The van der Waals surface area contributed by atoms with Crippen molar-refractivity contribution >= 4 is 11.6 Å². The molecule has 4 nitrogen and oxygen atoms in total. The number of hydrogen-bond acceptors (Lipinski definition) is 3. The topological polar surface area (TPSA) is 47.6 Å². The summed E-state index contributed by atoms with van der Waals surface area (Å²) in [5.74, 6) is 1.17. The summed E-state index contributed by atoms with van der Waals surface area (Å²) in [6, 6.07) is 15.2. The van der Waals surface area contributed by atoms with E-state index in [1.54, 1.807) is 0 Å². The van der Waals surface area contributed by atoms with E-state index < -0.39 is 0 Å². The molecule has 0 atom stereocenters. The SMILES string of the molecule is CCCOc1ccccc1NC(=O)COc1cccc(CC)c1. The fourth-order valence-corrected chi connectivity index (χ4v) is 2.10. The molecular formula is C19H23NO3. The van der Waals surface area contributed by atoms with Gasteiger partial charge in [-0.15, -0.1) is 0 Å². The van der Waals surface area contributed by atoms with E-state index >= 15 is 0 Å². The maximum Gasteiger partial charge on any atom is 0.262 e. The Balaban J connectivity index is 1.92. The maximum absolute atomic E-state index is 12.1. The third-order valence-electron chi connectivity index (χ3n) is 3.30. The Morgan fingerprint density at radius 2 is 1.87 bits per heavy atom. The number of benzene rings is 2. The Morgan fingerprint density at radius 1 is 1.04 bits per heavy atom. The van der Waals surface area contributed by atoms with Crippen molar-refractivity contribution in [1.29, 1.82) is 0 Å². The number of anilines is 1. The van der Waals surface area contributed by atoms with Crippen molar-refractivity contribution in [3.63, 3.8) is 0 Å². The lowest BCUT2D eigenvalue weighted by atomic mass is 10.2. The van der Waals surface area contributed by atoms with Crippen LogP contribution in [0.25, 0.3) is 0 Å². The van der Waals surface area contributed by atoms with Crippen LogP contribution in [0.15, 0.2) is 48.5 Å². The molecule has 0 bridgehead atoms. The fourth-order valence-electron chi connectivity index (χ4n) is 2.10. The molecule has 23 heavy (non-hydrogen) atoms. The molecule has 4 heteroatoms. The Kier molecular flexibility index (Phi) is 6.48. The number of ether oxygens (including phenoxy) is 2. The van der Waals surface area contributed by atoms with Crippen LogP contribution in [0.5, 0.6) is 11.5 Å². The maximum atomic E-state index is 12.1. The minimum absolute atomic E-state index is 0.0325. The van der Waals surface area contributed by atoms with Gasteiger partial charge in [0.05, 0.1) is 12.3 Å². The van der Waals surface area contributed by atoms with E-state index in [0.29, 0.717) is 23.8 Å². The van der Waals surface area contributed by atoms with Gasteiger partial charge in [0, 0.05) is 0 Å². The van der Waals surface area contributed by atoms with Crippen LogP contribution in [0.2, 0.25) is 0 Å². The average molecular weight is 313 g/mol. The number of nitrogens with one attached hydrogen (secondary N) is 1. The second-order valence-electron chi connectivity index (χ2n) is 5.18. The normalized spacial score (nSPS) is 10.2. The number of amides is 1. The van der Waals surface area contributed by atoms with E-state index in [9.17, 15) is 4.79 Å². The fraction of sp³-hybridized carbons (Fsp3) is 0.316. The highest BCUT2D eigenvalue weighted by molar-refractivity contribution is 5.93. The van der Waals surface area contributed by atoms with Crippen LogP contribution >= 0.6 is 0 Å². The van der Waals surface area contributed by atoms with Gasteiger partial charge >= 0.3 is 0 Å². The quantitative estimate of drug-likeness (QED) is 0.799. The number of carbonyl (C=O) groups excluding carboxylic acids is 1. The van der Waals surface area contributed by atoms with Gasteiger partial charge in [0.15, 0.2) is 6.61 Å². The lowest BCUT2D eigenvalue weighted by Crippen LogP contribution is -2.20. The summed E-state index contributed by atoms with van der Waals surface area (Å²) < 4.78 is 11.2. The van der Waals surface area contributed by atoms with Gasteiger partial charge in [-0.05, 0) is 42.7 Å². The smallest absolute Gasteiger partial charge is 0.262 e. The summed E-state index contributed by atoms with van der Waals surface area (Å²) in [6.45, 7) is 4.71. The Morgan fingerprint density at radius 3 is 2.65 bits per heavy atom. The van der Waals surface area contributed by atoms with Gasteiger partial charge in [-0.1, -0.05) is 38.1 Å². The molecule has 1 amide bonds. The minimum Gasteiger partial charge on any atom is -0.491 e. The van der Waals surface area contributed by atoms with Crippen molar-refractivity contribution < 1.29 is 14.3 Å². The molecule has 0 saturated carbocycles. The van der Waals surface area contributed by atoms with Gasteiger partial charge in [-0.25, -0.2) is 0 Å². The van der Waals surface area contributed by atoms with Crippen LogP contribution in [0.1, 0.15) is 25.8 Å². The number of carbonyl (C=O) groups is 1. The molecule has 0 aliphatic carbocycles. The second kappa shape index (κ2) is 8.83. The molecule has 0 unspecified atom stereocenters. The molecule has 122 valence electrons. The first-order chi connectivity index (χ1) is 11.2. The molecular weight excluding hydrogens is 290 g/mol. The van der Waals surface area contributed by atoms with Gasteiger partial charge in [0.25, 0.3) is 5.91 Å². The van der Waals surface area contributed by atoms with Gasteiger partial charge in [-0.2, -0.15) is 0 Å². The third-order valence-corrected chi connectivity index (χ3v) is 3.30. The van der Waals surface area contributed by atoms with Crippen LogP contribution in [-0.2, 0) is 11.2 Å². The molecule has 0 saturated heterocycles. The first-order valence-corrected chi connectivity index (χ1v) is 7.96. The van der Waals surface area contributed by atoms with Gasteiger partial charge in [0.2, 0.25) is 0 Å². The highest BCUT2D eigenvalue weighted by atomic mass is 16.5. The Labute approximate surface area is 137 Å². The largest absolute Gasteiger partial charge is 0.491 e. The third kappa shape index (κ3) is 5.33. The Hall–Kier alpha value is -2.49. The van der Waals surface area contributed by atoms with E-state index in [0.717, 1.165) is 12.8 Å². The lowest BCUT2D eigenvalue weighted by Gasteiger charge is -2.12. The number of rotatable bonds is 8. The van der Waals surface area contributed by atoms with Crippen molar-refractivity contribution in [3.8, 4) is 11.5 Å². The molecule has 0 spiro atoms. The van der Waals surface area contributed by atoms with Crippen molar-refractivity contribution in [1.82, 2.24) is 0 Å². The van der Waals surface area contributed by atoms with Crippen LogP contribution < -0.4 is 14.8 Å². The molecule has 2 rings (SSSR count). The lowest BCUT2D eigenvalue weighted by molar-refractivity contribution is -0.118. The summed E-state index contributed by atoms with van der Waals surface area (Å²) in [5.41, 5.74) is 1.85. The van der Waals surface area contributed by atoms with Crippen LogP contribution in [0.4, 0.5) is 5.69 Å². The van der Waals surface area contributed by atoms with E-state index in [-0.39, 0.29) is 12.5 Å². The van der Waals surface area contributed by atoms with Crippen molar-refractivity contribution in [2.45, 2.75) is 26.7 Å². The van der Waals surface area contributed by atoms with E-state index in [1.165, 1.54) is 5.56 Å². The zero-order valence-corrected chi connectivity index (χ0v) is 13.7. The summed E-state index contributed by atoms with van der Waals surface area (Å²) in [7, 11) is 0. The molecule has 2 aromatic rings. The number of hydrogen-bond donors (Lipinski definition) is 1. The van der Waals surface area contributed by atoms with Gasteiger partial charge in [-0.3, -0.25) is 4.79 Å². The van der Waals surface area contributed by atoms with E-state index in [1.807, 2.05) is 55.5 Å². The zero-order chi connectivity index (χ0) is 16.5. The molecule has 0 aliphatic heterocycles. The highest BCUT2D eigenvalue weighted by Crippen LogP contribution is 2.23. The average Bonchev–Trinajstić information content (AvgIpc) is 2.59. The van der Waals surface area contributed by atoms with Crippen molar-refractivity contribution in [2.75, 3.05) is 18.5 Å². The predicted octanol–water partition coefficient (Wildman–Crippen LogP) is 4.06. The summed E-state index contributed by atoms with van der Waals surface area (Å²) in [4.78, 5) is 12.1. The van der Waals surface area contributed by atoms with Gasteiger partial charge in [0.1, 0.15) is 11.5 Å². The highest BCUT2D eigenvalue weighted by Gasteiger charge is 2.08. The van der Waals surface area contributed by atoms with Crippen molar-refractivity contribution in [2.24, 2.45) is 0 Å². The summed E-state index contributed by atoms with van der Waals surface area (Å²) >= 11 is 0. The molecule has 0 aliphatic rings. The Bertz CT molecular complexity index is 640. The van der Waals surface area contributed by atoms with Crippen LogP contribution in [0, 0.1) is 0 Å². The molecule has 2 aromatic carbocycles. The number of para-hydroxylation sites is 2. The minimum atomic E-state index is -0.209. The molecule has 0 radical (unpaired) electrons. The van der Waals surface area contributed by atoms with E-state index in [2.05, 4.69) is 12.2 Å². The first kappa shape index (κ1) is 16.9. The molecule has 0 aromatic heterocycles. The van der Waals surface area contributed by atoms with Crippen molar-refractivity contribution in [3.05, 3.63) is 54.1 Å². The number of aryl methyl sites for hydroxylation is 1. The summed E-state index contributed by atoms with van der Waals surface area (Å²) in [5, 5.41) is 2.83. The molecule has 0 fully saturated rings. The molecule has 0 heterocycles.